The lowest BCUT2D eigenvalue weighted by molar-refractivity contribution is -0.139. The maximum Gasteiger partial charge on any atom is 0.408 e. The number of aromatic nitrogens is 1. The van der Waals surface area contributed by atoms with Crippen molar-refractivity contribution in [2.24, 2.45) is 0 Å². The van der Waals surface area contributed by atoms with E-state index < -0.39 is 18.1 Å². The summed E-state index contributed by atoms with van der Waals surface area (Å²) in [7, 11) is 0. The van der Waals surface area contributed by atoms with Gasteiger partial charge in [0, 0.05) is 29.3 Å². The second kappa shape index (κ2) is 8.15. The molecule has 0 saturated carbocycles. The summed E-state index contributed by atoms with van der Waals surface area (Å²) in [6, 6.07) is 22.1. The molecule has 1 heterocycles. The second-order valence-corrected chi connectivity index (χ2v) is 7.69. The minimum absolute atomic E-state index is 0.101. The van der Waals surface area contributed by atoms with Crippen molar-refractivity contribution < 1.29 is 19.4 Å². The number of benzene rings is 3. The molecule has 6 nitrogen and oxygen atoms in total. The summed E-state index contributed by atoms with van der Waals surface area (Å²) in [5.74, 6) is -1.28. The lowest BCUT2D eigenvalue weighted by atomic mass is 9.98. The van der Waals surface area contributed by atoms with Gasteiger partial charge in [-0.1, -0.05) is 72.8 Å². The maximum absolute atomic E-state index is 12.6. The van der Waals surface area contributed by atoms with Crippen molar-refractivity contribution in [3.63, 3.8) is 0 Å². The summed E-state index contributed by atoms with van der Waals surface area (Å²) >= 11 is 0. The number of nitrogens with one attached hydrogen (secondary N) is 1. The van der Waals surface area contributed by atoms with Gasteiger partial charge in [0.05, 0.1) is 0 Å². The Morgan fingerprint density at radius 2 is 1.53 bits per heavy atom. The number of carbonyl (C=O) groups is 2. The number of hydrogen-bond donors (Lipinski definition) is 2. The first kappa shape index (κ1) is 19.8. The first-order valence-electron chi connectivity index (χ1n) is 10.3. The molecular formula is C26H20N2O4. The Hall–Kier alpha value is -4.19. The summed E-state index contributed by atoms with van der Waals surface area (Å²) in [6.07, 6.45) is 2.34. The Morgan fingerprint density at radius 3 is 2.22 bits per heavy atom. The summed E-state index contributed by atoms with van der Waals surface area (Å²) in [5.41, 5.74) is 4.85. The molecule has 0 radical (unpaired) electrons. The average Bonchev–Trinajstić information content (AvgIpc) is 3.14. The van der Waals surface area contributed by atoms with Gasteiger partial charge < -0.3 is 15.2 Å². The van der Waals surface area contributed by atoms with E-state index in [9.17, 15) is 14.7 Å². The summed E-state index contributed by atoms with van der Waals surface area (Å²) < 4.78 is 5.52. The van der Waals surface area contributed by atoms with Gasteiger partial charge in [-0.05, 0) is 27.6 Å². The number of carboxylic acids is 1. The molecule has 0 spiro atoms. The highest BCUT2D eigenvalue weighted by Crippen LogP contribution is 2.44. The minimum Gasteiger partial charge on any atom is -0.479 e. The van der Waals surface area contributed by atoms with Crippen LogP contribution in [-0.2, 0) is 9.53 Å². The van der Waals surface area contributed by atoms with Crippen LogP contribution in [0.4, 0.5) is 4.79 Å². The minimum atomic E-state index is -1.27. The standard InChI is InChI=1S/C26H20N2O4/c29-25(30)24(22-14-27-13-16-7-1-2-8-17(16)22)28-26(31)32-15-23-20-11-5-3-9-18(20)19-10-4-6-12-21(19)23/h1-14,23-24H,15H2,(H,28,31)(H,29,30). The quantitative estimate of drug-likeness (QED) is 0.476. The zero-order valence-corrected chi connectivity index (χ0v) is 17.1. The number of carboxylic acid groups (broad SMARTS) is 1. The summed E-state index contributed by atoms with van der Waals surface area (Å²) in [6.45, 7) is 0.111. The van der Waals surface area contributed by atoms with Gasteiger partial charge in [-0.25, -0.2) is 9.59 Å². The number of pyridine rings is 1. The highest BCUT2D eigenvalue weighted by atomic mass is 16.5. The molecule has 3 aromatic carbocycles. The Morgan fingerprint density at radius 1 is 0.906 bits per heavy atom. The van der Waals surface area contributed by atoms with Crippen LogP contribution in [0.3, 0.4) is 0 Å². The van der Waals surface area contributed by atoms with Crippen LogP contribution >= 0.6 is 0 Å². The molecule has 0 bridgehead atoms. The number of aliphatic carboxylic acids is 1. The van der Waals surface area contributed by atoms with Gasteiger partial charge in [0.2, 0.25) is 0 Å². The monoisotopic (exact) mass is 424 g/mol. The largest absolute Gasteiger partial charge is 0.479 e. The Bertz CT molecular complexity index is 1280. The predicted octanol–water partition coefficient (Wildman–Crippen LogP) is 4.90. The van der Waals surface area contributed by atoms with Crippen LogP contribution in [0, 0.1) is 0 Å². The lowest BCUT2D eigenvalue weighted by Gasteiger charge is -2.18. The Labute approximate surface area is 184 Å². The van der Waals surface area contributed by atoms with Crippen molar-refractivity contribution in [1.29, 1.82) is 0 Å². The molecule has 4 aromatic rings. The smallest absolute Gasteiger partial charge is 0.408 e. The Balaban J connectivity index is 1.36. The zero-order valence-electron chi connectivity index (χ0n) is 17.1. The van der Waals surface area contributed by atoms with E-state index in [-0.39, 0.29) is 12.5 Å². The molecule has 6 heteroatoms. The van der Waals surface area contributed by atoms with Crippen molar-refractivity contribution in [2.45, 2.75) is 12.0 Å². The van der Waals surface area contributed by atoms with Crippen molar-refractivity contribution in [3.8, 4) is 11.1 Å². The first-order chi connectivity index (χ1) is 15.6. The molecule has 1 aromatic heterocycles. The van der Waals surface area contributed by atoms with Gasteiger partial charge in [0.15, 0.2) is 6.04 Å². The molecule has 1 aliphatic carbocycles. The van der Waals surface area contributed by atoms with Crippen LogP contribution in [0.1, 0.15) is 28.7 Å². The zero-order chi connectivity index (χ0) is 22.1. The van der Waals surface area contributed by atoms with Gasteiger partial charge in [-0.15, -0.1) is 0 Å². The van der Waals surface area contributed by atoms with Crippen molar-refractivity contribution >= 4 is 22.8 Å². The molecule has 32 heavy (non-hydrogen) atoms. The van der Waals surface area contributed by atoms with Crippen LogP contribution in [0.15, 0.2) is 85.2 Å². The number of alkyl carbamates (subject to hydrolysis) is 1. The normalized spacial score (nSPS) is 13.2. The van der Waals surface area contributed by atoms with Crippen LogP contribution < -0.4 is 5.32 Å². The highest BCUT2D eigenvalue weighted by molar-refractivity contribution is 5.91. The van der Waals surface area contributed by atoms with Crippen LogP contribution in [0.5, 0.6) is 0 Å². The average molecular weight is 424 g/mol. The number of rotatable bonds is 5. The molecule has 1 atom stereocenters. The van der Waals surface area contributed by atoms with Gasteiger partial charge in [-0.2, -0.15) is 0 Å². The molecule has 0 saturated heterocycles. The van der Waals surface area contributed by atoms with E-state index in [0.29, 0.717) is 10.9 Å². The van der Waals surface area contributed by atoms with Crippen molar-refractivity contribution in [1.82, 2.24) is 10.3 Å². The SMILES string of the molecule is O=C(NC(C(=O)O)c1cncc2ccccc12)OCC1c2ccccc2-c2ccccc21. The fourth-order valence-electron chi connectivity index (χ4n) is 4.40. The molecular weight excluding hydrogens is 404 g/mol. The van der Waals surface area contributed by atoms with E-state index in [2.05, 4.69) is 22.4 Å². The Kier molecular flexibility index (Phi) is 5.03. The van der Waals surface area contributed by atoms with E-state index in [0.717, 1.165) is 27.6 Å². The second-order valence-electron chi connectivity index (χ2n) is 7.69. The van der Waals surface area contributed by atoms with E-state index >= 15 is 0 Å². The molecule has 2 N–H and O–H groups in total. The highest BCUT2D eigenvalue weighted by Gasteiger charge is 2.30. The van der Waals surface area contributed by atoms with Crippen LogP contribution in [-0.4, -0.2) is 28.8 Å². The number of carbonyl (C=O) groups excluding carboxylic acids is 1. The maximum atomic E-state index is 12.6. The molecule has 0 aliphatic heterocycles. The van der Waals surface area contributed by atoms with Gasteiger partial charge in [-0.3, -0.25) is 4.98 Å². The van der Waals surface area contributed by atoms with E-state index in [1.54, 1.807) is 6.20 Å². The molecule has 1 aliphatic rings. The van der Waals surface area contributed by atoms with Gasteiger partial charge in [0.25, 0.3) is 0 Å². The molecule has 0 fully saturated rings. The summed E-state index contributed by atoms with van der Waals surface area (Å²) in [4.78, 5) is 28.7. The third-order valence-electron chi connectivity index (χ3n) is 5.86. The first-order valence-corrected chi connectivity index (χ1v) is 10.3. The fourth-order valence-corrected chi connectivity index (χ4v) is 4.40. The number of nitrogens with zero attached hydrogens (tertiary/aromatic N) is 1. The number of ether oxygens (including phenoxy) is 1. The predicted molar refractivity (Wildman–Crippen MR) is 120 cm³/mol. The van der Waals surface area contributed by atoms with Crippen molar-refractivity contribution in [3.05, 3.63) is 102 Å². The number of fused-ring (bicyclic) bond motifs is 4. The van der Waals surface area contributed by atoms with E-state index in [1.807, 2.05) is 60.7 Å². The third kappa shape index (κ3) is 3.46. The molecule has 1 amide bonds. The topological polar surface area (TPSA) is 88.5 Å². The number of hydrogen-bond acceptors (Lipinski definition) is 4. The summed E-state index contributed by atoms with van der Waals surface area (Å²) in [5, 5.41) is 13.8. The van der Waals surface area contributed by atoms with Crippen LogP contribution in [0.25, 0.3) is 21.9 Å². The fraction of sp³-hybridized carbons (Fsp3) is 0.115. The van der Waals surface area contributed by atoms with Crippen LogP contribution in [0.2, 0.25) is 0 Å². The van der Waals surface area contributed by atoms with Crippen molar-refractivity contribution in [2.75, 3.05) is 6.61 Å². The lowest BCUT2D eigenvalue weighted by Crippen LogP contribution is -2.35. The molecule has 5 rings (SSSR count). The van der Waals surface area contributed by atoms with Gasteiger partial charge >= 0.3 is 12.1 Å². The molecule has 158 valence electrons. The third-order valence-corrected chi connectivity index (χ3v) is 5.86. The van der Waals surface area contributed by atoms with E-state index in [1.165, 1.54) is 6.20 Å². The molecule has 1 unspecified atom stereocenters. The number of amides is 1. The van der Waals surface area contributed by atoms with E-state index in [4.69, 9.17) is 4.74 Å². The van der Waals surface area contributed by atoms with Gasteiger partial charge in [0.1, 0.15) is 6.61 Å².